The molecule has 1 aliphatic rings. The number of nitrogens with zero attached hydrogens (tertiary/aromatic N) is 1. The van der Waals surface area contributed by atoms with Crippen LogP contribution in [-0.2, 0) is 11.2 Å². The largest absolute Gasteiger partial charge is 0.496 e. The molecule has 1 aliphatic heterocycles. The fraction of sp³-hybridized carbons (Fsp3) is 0.300. The van der Waals surface area contributed by atoms with Gasteiger partial charge in [-0.05, 0) is 12.1 Å². The molecule has 1 unspecified atom stereocenters. The summed E-state index contributed by atoms with van der Waals surface area (Å²) in [5.41, 5.74) is 6.80. The van der Waals surface area contributed by atoms with Gasteiger partial charge in [-0.1, -0.05) is 6.07 Å². The lowest BCUT2D eigenvalue weighted by Gasteiger charge is -2.28. The van der Waals surface area contributed by atoms with Crippen LogP contribution in [0.15, 0.2) is 18.2 Å². The van der Waals surface area contributed by atoms with Gasteiger partial charge in [0.25, 0.3) is 5.91 Å². The molecule has 15 heavy (non-hydrogen) atoms. The van der Waals surface area contributed by atoms with Crippen LogP contribution in [0.4, 0.5) is 5.69 Å². The zero-order valence-corrected chi connectivity index (χ0v) is 8.30. The number of ether oxygens (including phenoxy) is 1. The normalized spacial score (nSPS) is 20.1. The number of carbonyl (C=O) groups is 1. The second-order valence-electron chi connectivity index (χ2n) is 3.42. The molecular weight excluding hydrogens is 196 g/mol. The Kier molecular flexibility index (Phi) is 2.34. The van der Waals surface area contributed by atoms with Gasteiger partial charge in [-0.15, -0.1) is 0 Å². The summed E-state index contributed by atoms with van der Waals surface area (Å²) in [7, 11) is 1.54. The minimum absolute atomic E-state index is 0.384. The van der Waals surface area contributed by atoms with E-state index >= 15 is 0 Å². The molecule has 5 nitrogen and oxygen atoms in total. The molecule has 1 aromatic rings. The summed E-state index contributed by atoms with van der Waals surface area (Å²) in [6, 6.07) is 4.43. The summed E-state index contributed by atoms with van der Waals surface area (Å²) in [6.45, 7) is 0. The fourth-order valence-corrected chi connectivity index (χ4v) is 1.73. The molecule has 0 radical (unpaired) electrons. The van der Waals surface area contributed by atoms with Crippen molar-refractivity contribution in [3.05, 3.63) is 23.8 Å². The van der Waals surface area contributed by atoms with Crippen molar-refractivity contribution in [1.82, 2.24) is 0 Å². The predicted molar refractivity (Wildman–Crippen MR) is 53.9 cm³/mol. The van der Waals surface area contributed by atoms with E-state index in [2.05, 4.69) is 0 Å². The molecular formula is C10H12N2O3. The van der Waals surface area contributed by atoms with Crippen LogP contribution in [0.3, 0.4) is 0 Å². The van der Waals surface area contributed by atoms with Crippen LogP contribution in [-0.4, -0.2) is 24.3 Å². The van der Waals surface area contributed by atoms with Crippen molar-refractivity contribution in [1.29, 1.82) is 0 Å². The molecule has 5 heteroatoms. The van der Waals surface area contributed by atoms with Gasteiger partial charge in [0.05, 0.1) is 18.8 Å². The number of amides is 1. The maximum atomic E-state index is 11.4. The Morgan fingerprint density at radius 1 is 1.60 bits per heavy atom. The van der Waals surface area contributed by atoms with E-state index in [-0.39, 0.29) is 0 Å². The summed E-state index contributed by atoms with van der Waals surface area (Å²) in [4.78, 5) is 11.4. The Morgan fingerprint density at radius 2 is 2.33 bits per heavy atom. The van der Waals surface area contributed by atoms with Crippen molar-refractivity contribution >= 4 is 11.6 Å². The fourth-order valence-electron chi connectivity index (χ4n) is 1.73. The van der Waals surface area contributed by atoms with Crippen molar-refractivity contribution in [3.63, 3.8) is 0 Å². The minimum atomic E-state index is -0.709. The SMILES string of the molecule is COc1cccc2c1CC(N)C(=O)N2O. The van der Waals surface area contributed by atoms with Crippen molar-refractivity contribution < 1.29 is 14.7 Å². The molecule has 1 heterocycles. The van der Waals surface area contributed by atoms with Gasteiger partial charge in [-0.3, -0.25) is 10.0 Å². The van der Waals surface area contributed by atoms with Crippen LogP contribution in [0.5, 0.6) is 5.75 Å². The summed E-state index contributed by atoms with van der Waals surface area (Å²) >= 11 is 0. The number of nitrogens with two attached hydrogens (primary N) is 1. The van der Waals surface area contributed by atoms with Crippen LogP contribution >= 0.6 is 0 Å². The Labute approximate surface area is 87.0 Å². The van der Waals surface area contributed by atoms with Gasteiger partial charge in [-0.25, -0.2) is 0 Å². The lowest BCUT2D eigenvalue weighted by atomic mass is 9.98. The standard InChI is InChI=1S/C10H12N2O3/c1-15-9-4-2-3-8-6(9)5-7(11)10(13)12(8)14/h2-4,7,14H,5,11H2,1H3. The van der Waals surface area contributed by atoms with E-state index in [0.717, 1.165) is 5.56 Å². The molecule has 3 N–H and O–H groups in total. The molecule has 0 fully saturated rings. The highest BCUT2D eigenvalue weighted by molar-refractivity contribution is 5.98. The van der Waals surface area contributed by atoms with E-state index in [1.807, 2.05) is 0 Å². The molecule has 1 atom stereocenters. The van der Waals surface area contributed by atoms with Crippen molar-refractivity contribution in [2.75, 3.05) is 12.2 Å². The number of hydroxylamine groups is 1. The lowest BCUT2D eigenvalue weighted by molar-refractivity contribution is -0.125. The summed E-state index contributed by atoms with van der Waals surface area (Å²) in [5, 5.41) is 10.2. The Bertz CT molecular complexity index is 406. The molecule has 1 aromatic carbocycles. The third-order valence-electron chi connectivity index (χ3n) is 2.51. The number of methoxy groups -OCH3 is 1. The summed E-state index contributed by atoms with van der Waals surface area (Å²) in [5.74, 6) is 0.144. The first-order valence-corrected chi connectivity index (χ1v) is 4.59. The highest BCUT2D eigenvalue weighted by Crippen LogP contribution is 2.33. The minimum Gasteiger partial charge on any atom is -0.496 e. The quantitative estimate of drug-likeness (QED) is 0.651. The van der Waals surface area contributed by atoms with Crippen LogP contribution in [0, 0.1) is 0 Å². The Morgan fingerprint density at radius 3 is 3.00 bits per heavy atom. The highest BCUT2D eigenvalue weighted by Gasteiger charge is 2.31. The van der Waals surface area contributed by atoms with Gasteiger partial charge >= 0.3 is 0 Å². The van der Waals surface area contributed by atoms with Gasteiger partial charge in [0.1, 0.15) is 5.75 Å². The second-order valence-corrected chi connectivity index (χ2v) is 3.42. The van der Waals surface area contributed by atoms with Gasteiger partial charge in [0.2, 0.25) is 0 Å². The Hall–Kier alpha value is -1.59. The average molecular weight is 208 g/mol. The molecule has 1 amide bonds. The predicted octanol–water partition coefficient (Wildman–Crippen LogP) is 0.301. The molecule has 0 spiro atoms. The van der Waals surface area contributed by atoms with Gasteiger partial charge in [0.15, 0.2) is 0 Å². The molecule has 0 saturated carbocycles. The maximum Gasteiger partial charge on any atom is 0.267 e. The van der Waals surface area contributed by atoms with Gasteiger partial charge in [0, 0.05) is 12.0 Å². The smallest absolute Gasteiger partial charge is 0.267 e. The first kappa shape index (κ1) is 9.95. The molecule has 0 saturated heterocycles. The van der Waals surface area contributed by atoms with E-state index in [9.17, 15) is 10.0 Å². The molecule has 0 bridgehead atoms. The first-order chi connectivity index (χ1) is 7.15. The molecule has 0 aromatic heterocycles. The third kappa shape index (κ3) is 1.45. The van der Waals surface area contributed by atoms with Gasteiger partial charge in [-0.2, -0.15) is 5.06 Å². The van der Waals surface area contributed by atoms with Crippen LogP contribution in [0.1, 0.15) is 5.56 Å². The van der Waals surface area contributed by atoms with E-state index in [4.69, 9.17) is 10.5 Å². The lowest BCUT2D eigenvalue weighted by Crippen LogP contribution is -2.47. The van der Waals surface area contributed by atoms with E-state index < -0.39 is 11.9 Å². The zero-order chi connectivity index (χ0) is 11.0. The molecule has 2 rings (SSSR count). The van der Waals surface area contributed by atoms with Crippen LogP contribution < -0.4 is 15.5 Å². The number of benzene rings is 1. The number of hydrogen-bond acceptors (Lipinski definition) is 4. The summed E-state index contributed by atoms with van der Waals surface area (Å²) in [6.07, 6.45) is 0.384. The molecule has 0 aliphatic carbocycles. The number of carbonyl (C=O) groups excluding carboxylic acids is 1. The monoisotopic (exact) mass is 208 g/mol. The number of hydrogen-bond donors (Lipinski definition) is 2. The number of rotatable bonds is 1. The first-order valence-electron chi connectivity index (χ1n) is 4.59. The zero-order valence-electron chi connectivity index (χ0n) is 8.30. The second kappa shape index (κ2) is 3.52. The number of anilines is 1. The van der Waals surface area contributed by atoms with E-state index in [0.29, 0.717) is 22.9 Å². The maximum absolute atomic E-state index is 11.4. The highest BCUT2D eigenvalue weighted by atomic mass is 16.5. The third-order valence-corrected chi connectivity index (χ3v) is 2.51. The van der Waals surface area contributed by atoms with Crippen LogP contribution in [0.2, 0.25) is 0 Å². The Balaban J connectivity index is 2.54. The molecule has 80 valence electrons. The van der Waals surface area contributed by atoms with Gasteiger partial charge < -0.3 is 10.5 Å². The van der Waals surface area contributed by atoms with Crippen LogP contribution in [0.25, 0.3) is 0 Å². The average Bonchev–Trinajstić information content (AvgIpc) is 2.25. The van der Waals surface area contributed by atoms with Crippen molar-refractivity contribution in [2.24, 2.45) is 5.73 Å². The van der Waals surface area contributed by atoms with Crippen molar-refractivity contribution in [2.45, 2.75) is 12.5 Å². The van der Waals surface area contributed by atoms with E-state index in [1.54, 1.807) is 25.3 Å². The number of fused-ring (bicyclic) bond motifs is 1. The topological polar surface area (TPSA) is 75.8 Å². The van der Waals surface area contributed by atoms with Crippen molar-refractivity contribution in [3.8, 4) is 5.75 Å². The summed E-state index contributed by atoms with van der Waals surface area (Å²) < 4.78 is 5.14. The van der Waals surface area contributed by atoms with E-state index in [1.165, 1.54) is 0 Å².